The summed E-state index contributed by atoms with van der Waals surface area (Å²) >= 11 is 1.57. The minimum Gasteiger partial charge on any atom is -0.396 e. The molecular formula is C21H25FN2O2S. The highest BCUT2D eigenvalue weighted by molar-refractivity contribution is 7.99. The molecule has 1 aliphatic rings. The second-order valence-corrected chi connectivity index (χ2v) is 7.82. The van der Waals surface area contributed by atoms with E-state index >= 15 is 0 Å². The van der Waals surface area contributed by atoms with E-state index in [4.69, 9.17) is 5.11 Å². The van der Waals surface area contributed by atoms with Crippen LogP contribution in [0.5, 0.6) is 0 Å². The third-order valence-corrected chi connectivity index (χ3v) is 5.62. The van der Waals surface area contributed by atoms with Crippen molar-refractivity contribution in [2.45, 2.75) is 17.9 Å². The van der Waals surface area contributed by atoms with Gasteiger partial charge in [0.05, 0.1) is 6.61 Å². The molecule has 2 aromatic rings. The van der Waals surface area contributed by atoms with Crippen molar-refractivity contribution in [2.24, 2.45) is 0 Å². The summed E-state index contributed by atoms with van der Waals surface area (Å²) in [6, 6.07) is 14.3. The molecule has 0 saturated carbocycles. The Morgan fingerprint density at radius 3 is 2.63 bits per heavy atom. The number of hydrogen-bond acceptors (Lipinski definition) is 4. The summed E-state index contributed by atoms with van der Waals surface area (Å²) in [4.78, 5) is 18.0. The van der Waals surface area contributed by atoms with Crippen LogP contribution in [0.1, 0.15) is 22.3 Å². The Morgan fingerprint density at radius 2 is 1.89 bits per heavy atom. The number of aliphatic hydroxyl groups excluding tert-OH is 1. The number of carbonyl (C=O) groups is 1. The first-order valence-electron chi connectivity index (χ1n) is 9.25. The zero-order chi connectivity index (χ0) is 19.1. The normalized spacial score (nSPS) is 15.6. The number of amides is 1. The Morgan fingerprint density at radius 1 is 1.07 bits per heavy atom. The van der Waals surface area contributed by atoms with E-state index in [0.717, 1.165) is 36.5 Å². The van der Waals surface area contributed by atoms with Gasteiger partial charge in [-0.25, -0.2) is 4.39 Å². The molecule has 0 aromatic heterocycles. The lowest BCUT2D eigenvalue weighted by Crippen LogP contribution is -2.35. The second kappa shape index (κ2) is 9.88. The predicted molar refractivity (Wildman–Crippen MR) is 106 cm³/mol. The van der Waals surface area contributed by atoms with Gasteiger partial charge in [0.2, 0.25) is 0 Å². The van der Waals surface area contributed by atoms with Crippen molar-refractivity contribution in [2.75, 3.05) is 38.5 Å². The maximum absolute atomic E-state index is 13.4. The highest BCUT2D eigenvalue weighted by Gasteiger charge is 2.20. The zero-order valence-electron chi connectivity index (χ0n) is 15.3. The lowest BCUT2D eigenvalue weighted by atomic mass is 10.2. The van der Waals surface area contributed by atoms with E-state index in [1.165, 1.54) is 6.07 Å². The number of rotatable bonds is 6. The van der Waals surface area contributed by atoms with Crippen LogP contribution >= 0.6 is 11.8 Å². The molecule has 1 heterocycles. The van der Waals surface area contributed by atoms with E-state index in [1.54, 1.807) is 23.9 Å². The molecule has 0 spiro atoms. The molecule has 4 nitrogen and oxygen atoms in total. The standard InChI is InChI=1S/C21H25FN2O2S/c22-19-4-1-3-17(15-19)16-23-9-2-10-24(12-11-23)21(26)18-5-7-20(8-6-18)27-14-13-25/h1,3-8,15,25H,2,9-14,16H2. The summed E-state index contributed by atoms with van der Waals surface area (Å²) in [5.74, 6) is 0.502. The average Bonchev–Trinajstić information content (AvgIpc) is 2.92. The summed E-state index contributed by atoms with van der Waals surface area (Å²) in [5.41, 5.74) is 1.66. The molecular weight excluding hydrogens is 363 g/mol. The van der Waals surface area contributed by atoms with E-state index in [2.05, 4.69) is 4.90 Å². The molecule has 6 heteroatoms. The minimum atomic E-state index is -0.209. The third kappa shape index (κ3) is 5.79. The summed E-state index contributed by atoms with van der Waals surface area (Å²) in [6.07, 6.45) is 0.908. The van der Waals surface area contributed by atoms with Crippen molar-refractivity contribution >= 4 is 17.7 Å². The first-order chi connectivity index (χ1) is 13.2. The van der Waals surface area contributed by atoms with Crippen molar-refractivity contribution in [3.63, 3.8) is 0 Å². The van der Waals surface area contributed by atoms with Gasteiger partial charge >= 0.3 is 0 Å². The predicted octanol–water partition coefficient (Wildman–Crippen LogP) is 3.26. The van der Waals surface area contributed by atoms with Crippen LogP contribution in [-0.2, 0) is 6.54 Å². The fourth-order valence-corrected chi connectivity index (χ4v) is 3.92. The van der Waals surface area contributed by atoms with Gasteiger partial charge in [0.1, 0.15) is 5.82 Å². The van der Waals surface area contributed by atoms with Crippen LogP contribution in [0, 0.1) is 5.82 Å². The van der Waals surface area contributed by atoms with Gasteiger partial charge in [-0.05, 0) is 48.4 Å². The van der Waals surface area contributed by atoms with Gasteiger partial charge in [0, 0.05) is 48.9 Å². The van der Waals surface area contributed by atoms with Gasteiger partial charge < -0.3 is 10.0 Å². The molecule has 0 bridgehead atoms. The molecule has 3 rings (SSSR count). The Balaban J connectivity index is 1.56. The van der Waals surface area contributed by atoms with Crippen LogP contribution in [0.3, 0.4) is 0 Å². The lowest BCUT2D eigenvalue weighted by Gasteiger charge is -2.22. The first kappa shape index (κ1) is 19.9. The molecule has 1 saturated heterocycles. The Hall–Kier alpha value is -1.89. The van der Waals surface area contributed by atoms with Crippen molar-refractivity contribution < 1.29 is 14.3 Å². The zero-order valence-corrected chi connectivity index (χ0v) is 16.1. The van der Waals surface area contributed by atoms with Crippen molar-refractivity contribution in [3.05, 3.63) is 65.5 Å². The van der Waals surface area contributed by atoms with E-state index in [9.17, 15) is 9.18 Å². The van der Waals surface area contributed by atoms with Gasteiger partial charge in [-0.3, -0.25) is 9.69 Å². The van der Waals surface area contributed by atoms with Crippen molar-refractivity contribution in [3.8, 4) is 0 Å². The Kier molecular flexibility index (Phi) is 7.26. The summed E-state index contributed by atoms with van der Waals surface area (Å²) in [5, 5.41) is 8.89. The second-order valence-electron chi connectivity index (χ2n) is 6.65. The largest absolute Gasteiger partial charge is 0.396 e. The number of hydrogen-bond donors (Lipinski definition) is 1. The molecule has 144 valence electrons. The van der Waals surface area contributed by atoms with Gasteiger partial charge in [-0.15, -0.1) is 11.8 Å². The quantitative estimate of drug-likeness (QED) is 0.772. The molecule has 0 aliphatic carbocycles. The fraction of sp³-hybridized carbons (Fsp3) is 0.381. The lowest BCUT2D eigenvalue weighted by molar-refractivity contribution is 0.0761. The molecule has 1 N–H and O–H groups in total. The van der Waals surface area contributed by atoms with Crippen LogP contribution in [0.15, 0.2) is 53.4 Å². The monoisotopic (exact) mass is 388 g/mol. The van der Waals surface area contributed by atoms with Crippen LogP contribution in [0.4, 0.5) is 4.39 Å². The summed E-state index contributed by atoms with van der Waals surface area (Å²) in [7, 11) is 0. The van der Waals surface area contributed by atoms with Crippen LogP contribution < -0.4 is 0 Å². The average molecular weight is 389 g/mol. The SMILES string of the molecule is O=C(c1ccc(SCCO)cc1)N1CCCN(Cc2cccc(F)c2)CC1. The summed E-state index contributed by atoms with van der Waals surface area (Å²) < 4.78 is 13.4. The molecule has 1 fully saturated rings. The maximum atomic E-state index is 13.4. The van der Waals surface area contributed by atoms with E-state index in [-0.39, 0.29) is 18.3 Å². The molecule has 1 amide bonds. The van der Waals surface area contributed by atoms with Gasteiger partial charge in [0.15, 0.2) is 0 Å². The van der Waals surface area contributed by atoms with Gasteiger partial charge in [-0.2, -0.15) is 0 Å². The fourth-order valence-electron chi connectivity index (χ4n) is 3.27. The van der Waals surface area contributed by atoms with Crippen molar-refractivity contribution in [1.29, 1.82) is 0 Å². The number of benzene rings is 2. The van der Waals surface area contributed by atoms with E-state index in [1.807, 2.05) is 35.2 Å². The number of halogens is 1. The molecule has 2 aromatic carbocycles. The number of aliphatic hydroxyl groups is 1. The number of thioether (sulfide) groups is 1. The molecule has 0 radical (unpaired) electrons. The highest BCUT2D eigenvalue weighted by Crippen LogP contribution is 2.19. The topological polar surface area (TPSA) is 43.8 Å². The molecule has 1 aliphatic heterocycles. The maximum Gasteiger partial charge on any atom is 0.253 e. The number of nitrogens with zero attached hydrogens (tertiary/aromatic N) is 2. The van der Waals surface area contributed by atoms with Crippen LogP contribution in [-0.4, -0.2) is 59.4 Å². The van der Waals surface area contributed by atoms with Gasteiger partial charge in [-0.1, -0.05) is 12.1 Å². The smallest absolute Gasteiger partial charge is 0.253 e. The summed E-state index contributed by atoms with van der Waals surface area (Å²) in [6.45, 7) is 3.94. The Labute approximate surface area is 164 Å². The molecule has 0 unspecified atom stereocenters. The van der Waals surface area contributed by atoms with Crippen molar-refractivity contribution in [1.82, 2.24) is 9.80 Å². The van der Waals surface area contributed by atoms with Gasteiger partial charge in [0.25, 0.3) is 5.91 Å². The first-order valence-corrected chi connectivity index (χ1v) is 10.2. The Bertz CT molecular complexity index is 754. The van der Waals surface area contributed by atoms with Crippen LogP contribution in [0.25, 0.3) is 0 Å². The molecule has 27 heavy (non-hydrogen) atoms. The van der Waals surface area contributed by atoms with E-state index in [0.29, 0.717) is 24.4 Å². The van der Waals surface area contributed by atoms with Crippen LogP contribution in [0.2, 0.25) is 0 Å². The molecule has 0 atom stereocenters. The number of carbonyl (C=O) groups excluding carboxylic acids is 1. The minimum absolute atomic E-state index is 0.0568. The third-order valence-electron chi connectivity index (χ3n) is 4.63. The highest BCUT2D eigenvalue weighted by atomic mass is 32.2. The van der Waals surface area contributed by atoms with E-state index < -0.39 is 0 Å².